The molecule has 0 atom stereocenters. The molecule has 0 unspecified atom stereocenters. The second-order valence-electron chi connectivity index (χ2n) is 5.85. The molecule has 0 spiro atoms. The molecule has 2 aromatic carbocycles. The summed E-state index contributed by atoms with van der Waals surface area (Å²) < 4.78 is 44.4. The summed E-state index contributed by atoms with van der Waals surface area (Å²) in [7, 11) is 0. The molecular formula is C19H13ClF3NO3S2. The number of carbonyl (C=O) groups excluding carboxylic acids is 1. The fraction of sp³-hybridized carbons (Fsp3) is 0.158. The van der Waals surface area contributed by atoms with Crippen LogP contribution in [0.3, 0.4) is 0 Å². The number of hydrogen-bond donors (Lipinski definition) is 1. The van der Waals surface area contributed by atoms with Crippen LogP contribution in [-0.2, 0) is 11.0 Å². The molecular weight excluding hydrogens is 447 g/mol. The molecule has 0 saturated carbocycles. The van der Waals surface area contributed by atoms with Crippen molar-refractivity contribution in [1.82, 2.24) is 0 Å². The number of nitrogens with zero attached hydrogens (tertiary/aromatic N) is 1. The van der Waals surface area contributed by atoms with Crippen LogP contribution in [0.4, 0.5) is 18.9 Å². The van der Waals surface area contributed by atoms with Crippen LogP contribution in [0.25, 0.3) is 6.08 Å². The van der Waals surface area contributed by atoms with Gasteiger partial charge in [-0.3, -0.25) is 9.69 Å². The Morgan fingerprint density at radius 1 is 1.31 bits per heavy atom. The first kappa shape index (κ1) is 21.5. The molecule has 29 heavy (non-hydrogen) atoms. The van der Waals surface area contributed by atoms with Crippen molar-refractivity contribution < 1.29 is 27.8 Å². The van der Waals surface area contributed by atoms with Crippen LogP contribution in [-0.4, -0.2) is 21.9 Å². The van der Waals surface area contributed by atoms with Gasteiger partial charge in [-0.05, 0) is 48.9 Å². The molecule has 3 rings (SSSR count). The van der Waals surface area contributed by atoms with Gasteiger partial charge in [-0.2, -0.15) is 13.2 Å². The number of anilines is 1. The van der Waals surface area contributed by atoms with Crippen LogP contribution in [0, 0.1) is 0 Å². The van der Waals surface area contributed by atoms with E-state index in [0.29, 0.717) is 12.2 Å². The summed E-state index contributed by atoms with van der Waals surface area (Å²) >= 11 is 12.2. The van der Waals surface area contributed by atoms with E-state index in [1.54, 1.807) is 6.92 Å². The van der Waals surface area contributed by atoms with Crippen LogP contribution in [0.2, 0.25) is 5.02 Å². The van der Waals surface area contributed by atoms with Crippen LogP contribution < -0.4 is 9.64 Å². The summed E-state index contributed by atoms with van der Waals surface area (Å²) in [6.45, 7) is 2.03. The molecule has 2 aromatic rings. The molecule has 1 saturated heterocycles. The van der Waals surface area contributed by atoms with Gasteiger partial charge in [-0.15, -0.1) is 0 Å². The Morgan fingerprint density at radius 3 is 2.69 bits per heavy atom. The van der Waals surface area contributed by atoms with Crippen molar-refractivity contribution in [3.05, 3.63) is 57.5 Å². The number of aromatic hydroxyl groups is 1. The molecule has 1 fully saturated rings. The zero-order chi connectivity index (χ0) is 21.3. The topological polar surface area (TPSA) is 49.8 Å². The number of carbonyl (C=O) groups is 1. The van der Waals surface area contributed by atoms with E-state index >= 15 is 0 Å². The molecule has 4 nitrogen and oxygen atoms in total. The number of rotatable bonds is 4. The molecule has 0 aliphatic carbocycles. The molecule has 0 aromatic heterocycles. The smallest absolute Gasteiger partial charge is 0.416 e. The largest absolute Gasteiger partial charge is 0.503 e. The van der Waals surface area contributed by atoms with Crippen LogP contribution in [0.5, 0.6) is 11.5 Å². The fourth-order valence-electron chi connectivity index (χ4n) is 2.61. The normalized spacial score (nSPS) is 16.0. The van der Waals surface area contributed by atoms with Gasteiger partial charge in [0.05, 0.1) is 27.8 Å². The Bertz CT molecular complexity index is 1020. The fourth-order valence-corrected chi connectivity index (χ4v) is 4.12. The monoisotopic (exact) mass is 459 g/mol. The summed E-state index contributed by atoms with van der Waals surface area (Å²) in [6, 6.07) is 7.34. The first-order chi connectivity index (χ1) is 13.6. The number of halogens is 4. The predicted octanol–water partition coefficient (Wildman–Crippen LogP) is 5.87. The number of benzene rings is 2. The molecule has 1 N–H and O–H groups in total. The highest BCUT2D eigenvalue weighted by Gasteiger charge is 2.36. The Balaban J connectivity index is 1.96. The number of amides is 1. The van der Waals surface area contributed by atoms with Gasteiger partial charge in [-0.1, -0.05) is 41.6 Å². The van der Waals surface area contributed by atoms with Gasteiger partial charge in [0.15, 0.2) is 15.8 Å². The number of alkyl halides is 3. The lowest BCUT2D eigenvalue weighted by Gasteiger charge is -2.16. The minimum absolute atomic E-state index is 0.0319. The van der Waals surface area contributed by atoms with Crippen molar-refractivity contribution in [1.29, 1.82) is 0 Å². The zero-order valence-electron chi connectivity index (χ0n) is 14.8. The quantitative estimate of drug-likeness (QED) is 0.458. The standard InChI is InChI=1S/C19H13ClF3NO3S2/c1-2-27-14-7-10(6-13(20)16(14)25)8-15-17(26)24(18(28)29-15)12-5-3-4-11(9-12)19(21,22)23/h3-9,25H,2H2,1H3/b15-8+. The van der Waals surface area contributed by atoms with Crippen molar-refractivity contribution in [2.75, 3.05) is 11.5 Å². The molecule has 0 bridgehead atoms. The SMILES string of the molecule is CCOc1cc(/C=C2/SC(=S)N(c3cccc(C(F)(F)F)c3)C2=O)cc(Cl)c1O. The molecule has 0 radical (unpaired) electrons. The molecule has 1 aliphatic rings. The predicted molar refractivity (Wildman–Crippen MR) is 111 cm³/mol. The van der Waals surface area contributed by atoms with Crippen molar-refractivity contribution in [3.8, 4) is 11.5 Å². The van der Waals surface area contributed by atoms with Gasteiger partial charge >= 0.3 is 6.18 Å². The van der Waals surface area contributed by atoms with E-state index in [9.17, 15) is 23.1 Å². The maximum atomic E-state index is 13.0. The first-order valence-corrected chi connectivity index (χ1v) is 9.82. The van der Waals surface area contributed by atoms with Crippen molar-refractivity contribution in [2.45, 2.75) is 13.1 Å². The van der Waals surface area contributed by atoms with Crippen LogP contribution >= 0.6 is 35.6 Å². The third-order valence-electron chi connectivity index (χ3n) is 3.87. The minimum Gasteiger partial charge on any atom is -0.503 e. The number of hydrogen-bond acceptors (Lipinski definition) is 5. The molecule has 152 valence electrons. The lowest BCUT2D eigenvalue weighted by Crippen LogP contribution is -2.27. The molecule has 1 aliphatic heterocycles. The van der Waals surface area contributed by atoms with Gasteiger partial charge in [-0.25, -0.2) is 0 Å². The van der Waals surface area contributed by atoms with Crippen molar-refractivity contribution >= 4 is 57.6 Å². The third kappa shape index (κ3) is 4.52. The minimum atomic E-state index is -4.54. The summed E-state index contributed by atoms with van der Waals surface area (Å²) in [5.74, 6) is -0.622. The number of thiocarbonyl (C=S) groups is 1. The maximum Gasteiger partial charge on any atom is 0.416 e. The van der Waals surface area contributed by atoms with Gasteiger partial charge in [0.2, 0.25) is 0 Å². The van der Waals surface area contributed by atoms with Gasteiger partial charge in [0, 0.05) is 0 Å². The summed E-state index contributed by atoms with van der Waals surface area (Å²) in [6.07, 6.45) is -3.05. The third-order valence-corrected chi connectivity index (χ3v) is 5.46. The highest BCUT2D eigenvalue weighted by molar-refractivity contribution is 8.27. The summed E-state index contributed by atoms with van der Waals surface area (Å²) in [5.41, 5.74) is -0.370. The van der Waals surface area contributed by atoms with E-state index in [1.165, 1.54) is 30.3 Å². The number of phenols is 1. The van der Waals surface area contributed by atoms with Crippen molar-refractivity contribution in [2.24, 2.45) is 0 Å². The lowest BCUT2D eigenvalue weighted by molar-refractivity contribution is -0.137. The second kappa shape index (κ2) is 8.25. The second-order valence-corrected chi connectivity index (χ2v) is 7.93. The van der Waals surface area contributed by atoms with Gasteiger partial charge in [0.25, 0.3) is 5.91 Å². The van der Waals surface area contributed by atoms with E-state index in [0.717, 1.165) is 28.8 Å². The average molecular weight is 460 g/mol. The highest BCUT2D eigenvalue weighted by atomic mass is 35.5. The van der Waals surface area contributed by atoms with Gasteiger partial charge < -0.3 is 9.84 Å². The first-order valence-electron chi connectivity index (χ1n) is 8.22. The number of thioether (sulfide) groups is 1. The van der Waals surface area contributed by atoms with E-state index in [-0.39, 0.29) is 31.4 Å². The zero-order valence-corrected chi connectivity index (χ0v) is 17.2. The van der Waals surface area contributed by atoms with Crippen LogP contribution in [0.1, 0.15) is 18.1 Å². The van der Waals surface area contributed by atoms with Crippen LogP contribution in [0.15, 0.2) is 41.3 Å². The van der Waals surface area contributed by atoms with Gasteiger partial charge in [0.1, 0.15) is 0 Å². The number of phenolic OH excluding ortho intramolecular Hbond substituents is 1. The lowest BCUT2D eigenvalue weighted by atomic mass is 10.1. The molecule has 1 amide bonds. The van der Waals surface area contributed by atoms with E-state index in [1.807, 2.05) is 0 Å². The Hall–Kier alpha value is -2.23. The maximum absolute atomic E-state index is 13.0. The van der Waals surface area contributed by atoms with E-state index < -0.39 is 17.6 Å². The van der Waals surface area contributed by atoms with Crippen molar-refractivity contribution in [3.63, 3.8) is 0 Å². The average Bonchev–Trinajstić information content (AvgIpc) is 2.92. The molecule has 10 heteroatoms. The number of ether oxygens (including phenoxy) is 1. The van der Waals surface area contributed by atoms with E-state index in [2.05, 4.69) is 0 Å². The Morgan fingerprint density at radius 2 is 2.03 bits per heavy atom. The Labute approximate surface area is 178 Å². The highest BCUT2D eigenvalue weighted by Crippen LogP contribution is 2.40. The summed E-state index contributed by atoms with van der Waals surface area (Å²) in [5, 5.41) is 9.96. The Kier molecular flexibility index (Phi) is 6.11. The van der Waals surface area contributed by atoms with E-state index in [4.69, 9.17) is 28.6 Å². The molecule has 1 heterocycles. The summed E-state index contributed by atoms with van der Waals surface area (Å²) in [4.78, 5) is 14.1.